The minimum atomic E-state index is -0.778. The summed E-state index contributed by atoms with van der Waals surface area (Å²) in [5, 5.41) is 4.03. The Balaban J connectivity index is 1.49. The van der Waals surface area contributed by atoms with Crippen molar-refractivity contribution in [3.63, 3.8) is 0 Å². The minimum Gasteiger partial charge on any atom is -0.481 e. The van der Waals surface area contributed by atoms with Crippen LogP contribution in [0.5, 0.6) is 5.75 Å². The van der Waals surface area contributed by atoms with Crippen molar-refractivity contribution in [2.75, 3.05) is 0 Å². The van der Waals surface area contributed by atoms with Crippen LogP contribution in [0.15, 0.2) is 65.7 Å². The van der Waals surface area contributed by atoms with E-state index in [0.29, 0.717) is 17.9 Å². The van der Waals surface area contributed by atoms with Crippen LogP contribution in [-0.4, -0.2) is 32.7 Å². The average Bonchev–Trinajstić information content (AvgIpc) is 3.19. The predicted molar refractivity (Wildman–Crippen MR) is 105 cm³/mol. The number of ether oxygens (including phenoxy) is 1. The number of hydrogen-bond acceptors (Lipinski definition) is 5. The summed E-state index contributed by atoms with van der Waals surface area (Å²) in [5.41, 5.74) is 6.15. The number of nitrogens with zero attached hydrogens (tertiary/aromatic N) is 3. The standard InChI is InChI=1S/C19H18BrN5O3/c1-13(28-17-4-2-3-16(20)9-17)18(26)23-24-19(27)15-7-5-14(6-8-15)10-25-12-21-11-22-25/h2-9,11-13H,10H2,1H3,(H,23,26)(H,24,27). The van der Waals surface area contributed by atoms with Gasteiger partial charge in [0.2, 0.25) is 0 Å². The van der Waals surface area contributed by atoms with Gasteiger partial charge in [0.15, 0.2) is 6.10 Å². The number of halogens is 1. The second kappa shape index (κ2) is 9.14. The lowest BCUT2D eigenvalue weighted by Gasteiger charge is -2.15. The Hall–Kier alpha value is -3.20. The number of nitrogens with one attached hydrogen (secondary N) is 2. The summed E-state index contributed by atoms with van der Waals surface area (Å²) in [7, 11) is 0. The molecule has 1 aromatic heterocycles. The molecule has 0 saturated carbocycles. The van der Waals surface area contributed by atoms with Gasteiger partial charge in [-0.15, -0.1) is 0 Å². The topological polar surface area (TPSA) is 98.1 Å². The van der Waals surface area contributed by atoms with Crippen LogP contribution >= 0.6 is 15.9 Å². The maximum atomic E-state index is 12.2. The van der Waals surface area contributed by atoms with Crippen molar-refractivity contribution in [3.05, 3.63) is 76.8 Å². The number of rotatable bonds is 6. The van der Waals surface area contributed by atoms with Gasteiger partial charge in [0, 0.05) is 10.0 Å². The van der Waals surface area contributed by atoms with Crippen LogP contribution in [0.1, 0.15) is 22.8 Å². The predicted octanol–water partition coefficient (Wildman–Crippen LogP) is 2.32. The average molecular weight is 444 g/mol. The summed E-state index contributed by atoms with van der Waals surface area (Å²) in [6.45, 7) is 2.16. The number of carbonyl (C=O) groups excluding carboxylic acids is 2. The highest BCUT2D eigenvalue weighted by molar-refractivity contribution is 9.10. The van der Waals surface area contributed by atoms with Crippen LogP contribution in [-0.2, 0) is 11.3 Å². The van der Waals surface area contributed by atoms with Crippen molar-refractivity contribution in [1.29, 1.82) is 0 Å². The van der Waals surface area contributed by atoms with Gasteiger partial charge in [-0.1, -0.05) is 34.1 Å². The molecule has 0 fully saturated rings. The normalized spacial score (nSPS) is 11.5. The van der Waals surface area contributed by atoms with E-state index in [4.69, 9.17) is 4.74 Å². The molecule has 2 amide bonds. The largest absolute Gasteiger partial charge is 0.481 e. The number of hydrogen-bond donors (Lipinski definition) is 2. The first-order valence-electron chi connectivity index (χ1n) is 8.45. The van der Waals surface area contributed by atoms with Crippen LogP contribution in [0.2, 0.25) is 0 Å². The molecular formula is C19H18BrN5O3. The Morgan fingerprint density at radius 1 is 1.18 bits per heavy atom. The molecule has 9 heteroatoms. The Morgan fingerprint density at radius 3 is 2.64 bits per heavy atom. The monoisotopic (exact) mass is 443 g/mol. The summed E-state index contributed by atoms with van der Waals surface area (Å²) in [6, 6.07) is 14.1. The number of aromatic nitrogens is 3. The van der Waals surface area contributed by atoms with Crippen molar-refractivity contribution < 1.29 is 14.3 Å². The number of carbonyl (C=O) groups is 2. The molecule has 3 aromatic rings. The zero-order chi connectivity index (χ0) is 19.9. The molecule has 0 aliphatic rings. The second-order valence-corrected chi connectivity index (χ2v) is 6.87. The Kier molecular flexibility index (Phi) is 6.38. The lowest BCUT2D eigenvalue weighted by molar-refractivity contribution is -0.128. The Morgan fingerprint density at radius 2 is 1.96 bits per heavy atom. The number of amides is 2. The molecule has 0 radical (unpaired) electrons. The molecule has 3 rings (SSSR count). The van der Waals surface area contributed by atoms with Crippen molar-refractivity contribution in [2.24, 2.45) is 0 Å². The molecule has 28 heavy (non-hydrogen) atoms. The molecule has 2 aromatic carbocycles. The fraction of sp³-hybridized carbons (Fsp3) is 0.158. The lowest BCUT2D eigenvalue weighted by Crippen LogP contribution is -2.47. The van der Waals surface area contributed by atoms with Gasteiger partial charge >= 0.3 is 0 Å². The lowest BCUT2D eigenvalue weighted by atomic mass is 10.1. The van der Waals surface area contributed by atoms with Gasteiger partial charge in [0.25, 0.3) is 11.8 Å². The highest BCUT2D eigenvalue weighted by Crippen LogP contribution is 2.18. The zero-order valence-electron chi connectivity index (χ0n) is 15.0. The van der Waals surface area contributed by atoms with E-state index in [1.165, 1.54) is 6.33 Å². The highest BCUT2D eigenvalue weighted by Gasteiger charge is 2.16. The molecule has 1 atom stereocenters. The van der Waals surface area contributed by atoms with Gasteiger partial charge in [-0.05, 0) is 42.8 Å². The van der Waals surface area contributed by atoms with Crippen LogP contribution in [0.4, 0.5) is 0 Å². The third-order valence-corrected chi connectivity index (χ3v) is 4.30. The fourth-order valence-corrected chi connectivity index (χ4v) is 2.73. The van der Waals surface area contributed by atoms with Gasteiger partial charge in [0.05, 0.1) is 6.54 Å². The zero-order valence-corrected chi connectivity index (χ0v) is 16.6. The Labute approximate surface area is 170 Å². The van der Waals surface area contributed by atoms with Gasteiger partial charge in [0.1, 0.15) is 18.4 Å². The molecule has 0 spiro atoms. The smallest absolute Gasteiger partial charge is 0.279 e. The third kappa shape index (κ3) is 5.40. The van der Waals surface area contributed by atoms with E-state index in [1.54, 1.807) is 48.3 Å². The van der Waals surface area contributed by atoms with E-state index < -0.39 is 17.9 Å². The molecule has 0 bridgehead atoms. The maximum absolute atomic E-state index is 12.2. The molecule has 1 heterocycles. The van der Waals surface area contributed by atoms with Crippen LogP contribution in [0.25, 0.3) is 0 Å². The first-order chi connectivity index (χ1) is 13.5. The van der Waals surface area contributed by atoms with Gasteiger partial charge in [-0.25, -0.2) is 9.67 Å². The number of benzene rings is 2. The SMILES string of the molecule is CC(Oc1cccc(Br)c1)C(=O)NNC(=O)c1ccc(Cn2cncn2)cc1. The van der Waals surface area contributed by atoms with E-state index in [2.05, 4.69) is 36.9 Å². The van der Waals surface area contributed by atoms with E-state index >= 15 is 0 Å². The minimum absolute atomic E-state index is 0.420. The Bertz CT molecular complexity index is 944. The molecule has 144 valence electrons. The van der Waals surface area contributed by atoms with Crippen LogP contribution in [0, 0.1) is 0 Å². The molecule has 0 saturated heterocycles. The van der Waals surface area contributed by atoms with Crippen LogP contribution in [0.3, 0.4) is 0 Å². The third-order valence-electron chi connectivity index (χ3n) is 3.80. The van der Waals surface area contributed by atoms with Gasteiger partial charge in [-0.2, -0.15) is 5.10 Å². The van der Waals surface area contributed by atoms with Gasteiger partial charge in [-0.3, -0.25) is 20.4 Å². The summed E-state index contributed by atoms with van der Waals surface area (Å²) in [4.78, 5) is 28.2. The fourth-order valence-electron chi connectivity index (χ4n) is 2.35. The van der Waals surface area contributed by atoms with Crippen molar-refractivity contribution in [1.82, 2.24) is 25.6 Å². The first kappa shape index (κ1) is 19.6. The second-order valence-electron chi connectivity index (χ2n) is 5.95. The first-order valence-corrected chi connectivity index (χ1v) is 9.24. The van der Waals surface area contributed by atoms with Crippen molar-refractivity contribution in [3.8, 4) is 5.75 Å². The summed E-state index contributed by atoms with van der Waals surface area (Å²) < 4.78 is 8.08. The van der Waals surface area contributed by atoms with E-state index in [1.807, 2.05) is 18.2 Å². The summed E-state index contributed by atoms with van der Waals surface area (Å²) >= 11 is 3.34. The summed E-state index contributed by atoms with van der Waals surface area (Å²) in [5.74, 6) is -0.335. The highest BCUT2D eigenvalue weighted by atomic mass is 79.9. The molecule has 8 nitrogen and oxygen atoms in total. The molecule has 2 N–H and O–H groups in total. The maximum Gasteiger partial charge on any atom is 0.279 e. The van der Waals surface area contributed by atoms with E-state index in [0.717, 1.165) is 10.0 Å². The van der Waals surface area contributed by atoms with E-state index in [9.17, 15) is 9.59 Å². The molecule has 0 aliphatic heterocycles. The van der Waals surface area contributed by atoms with E-state index in [-0.39, 0.29) is 0 Å². The summed E-state index contributed by atoms with van der Waals surface area (Å²) in [6.07, 6.45) is 2.30. The number of hydrazine groups is 1. The molecule has 0 aliphatic carbocycles. The quantitative estimate of drug-likeness (QED) is 0.569. The van der Waals surface area contributed by atoms with Crippen molar-refractivity contribution >= 4 is 27.7 Å². The molecule has 1 unspecified atom stereocenters. The molecular weight excluding hydrogens is 426 g/mol. The van der Waals surface area contributed by atoms with Crippen LogP contribution < -0.4 is 15.6 Å². The van der Waals surface area contributed by atoms with Gasteiger partial charge < -0.3 is 4.74 Å². The van der Waals surface area contributed by atoms with Crippen molar-refractivity contribution in [2.45, 2.75) is 19.6 Å².